The molecule has 0 fully saturated rings. The maximum atomic E-state index is 11.8. The number of aryl methyl sites for hydroxylation is 2. The molecule has 1 N–H and O–H groups in total. The highest BCUT2D eigenvalue weighted by Gasteiger charge is 2.17. The number of thiazole rings is 1. The van der Waals surface area contributed by atoms with Gasteiger partial charge < -0.3 is 4.74 Å². The van der Waals surface area contributed by atoms with Crippen molar-refractivity contribution < 1.29 is 9.53 Å². The van der Waals surface area contributed by atoms with Crippen LogP contribution in [0.1, 0.15) is 46.3 Å². The van der Waals surface area contributed by atoms with Gasteiger partial charge in [-0.3, -0.25) is 5.43 Å². The SMILES string of the molecule is CCOC(=O)c1sc(N/N=C2\CCCc3ccccc32)nc1C. The van der Waals surface area contributed by atoms with Crippen molar-refractivity contribution in [3.8, 4) is 0 Å². The number of nitrogens with zero attached hydrogens (tertiary/aromatic N) is 2. The van der Waals surface area contributed by atoms with Crippen LogP contribution in [-0.2, 0) is 11.2 Å². The normalized spacial score (nSPS) is 15.3. The van der Waals surface area contributed by atoms with Gasteiger partial charge in [0.25, 0.3) is 0 Å². The highest BCUT2D eigenvalue weighted by Crippen LogP contribution is 2.25. The fourth-order valence-corrected chi connectivity index (χ4v) is 3.47. The van der Waals surface area contributed by atoms with E-state index in [0.29, 0.717) is 22.3 Å². The van der Waals surface area contributed by atoms with Crippen molar-refractivity contribution in [1.29, 1.82) is 0 Å². The van der Waals surface area contributed by atoms with Crippen LogP contribution in [0.4, 0.5) is 5.13 Å². The Bertz CT molecular complexity index is 752. The monoisotopic (exact) mass is 329 g/mol. The Balaban J connectivity index is 1.79. The van der Waals surface area contributed by atoms with Crippen LogP contribution >= 0.6 is 11.3 Å². The molecule has 0 bridgehead atoms. The maximum absolute atomic E-state index is 11.8. The molecule has 2 aromatic rings. The summed E-state index contributed by atoms with van der Waals surface area (Å²) in [6, 6.07) is 8.35. The third-order valence-electron chi connectivity index (χ3n) is 3.73. The Kier molecular flexibility index (Phi) is 4.71. The first-order valence-electron chi connectivity index (χ1n) is 7.74. The molecule has 0 aliphatic heterocycles. The molecule has 6 heteroatoms. The third kappa shape index (κ3) is 3.42. The number of hydrogen-bond donors (Lipinski definition) is 1. The summed E-state index contributed by atoms with van der Waals surface area (Å²) in [5, 5.41) is 5.13. The van der Waals surface area contributed by atoms with E-state index in [4.69, 9.17) is 4.74 Å². The quantitative estimate of drug-likeness (QED) is 0.685. The number of rotatable bonds is 4. The first-order chi connectivity index (χ1) is 11.2. The number of aromatic nitrogens is 1. The number of hydrazone groups is 1. The van der Waals surface area contributed by atoms with E-state index in [9.17, 15) is 4.79 Å². The highest BCUT2D eigenvalue weighted by atomic mass is 32.1. The van der Waals surface area contributed by atoms with Crippen molar-refractivity contribution in [2.24, 2.45) is 5.10 Å². The topological polar surface area (TPSA) is 63.6 Å². The molecule has 1 aromatic carbocycles. The molecule has 0 radical (unpaired) electrons. The summed E-state index contributed by atoms with van der Waals surface area (Å²) in [6.07, 6.45) is 3.14. The molecular formula is C17H19N3O2S. The van der Waals surface area contributed by atoms with Crippen LogP contribution in [0.15, 0.2) is 29.4 Å². The van der Waals surface area contributed by atoms with Gasteiger partial charge in [0.2, 0.25) is 5.13 Å². The molecular weight excluding hydrogens is 310 g/mol. The lowest BCUT2D eigenvalue weighted by Crippen LogP contribution is -2.13. The van der Waals surface area contributed by atoms with Gasteiger partial charge >= 0.3 is 5.97 Å². The largest absolute Gasteiger partial charge is 0.462 e. The van der Waals surface area contributed by atoms with E-state index in [-0.39, 0.29) is 5.97 Å². The fraction of sp³-hybridized carbons (Fsp3) is 0.353. The van der Waals surface area contributed by atoms with E-state index in [1.165, 1.54) is 22.5 Å². The summed E-state index contributed by atoms with van der Waals surface area (Å²) in [7, 11) is 0. The van der Waals surface area contributed by atoms with Gasteiger partial charge in [-0.1, -0.05) is 35.6 Å². The molecule has 1 aromatic heterocycles. The molecule has 1 aliphatic rings. The molecule has 0 amide bonds. The molecule has 1 aliphatic carbocycles. The first kappa shape index (κ1) is 15.7. The Morgan fingerprint density at radius 1 is 1.39 bits per heavy atom. The molecule has 0 unspecified atom stereocenters. The van der Waals surface area contributed by atoms with Crippen molar-refractivity contribution in [3.05, 3.63) is 46.0 Å². The van der Waals surface area contributed by atoms with Crippen molar-refractivity contribution in [2.45, 2.75) is 33.1 Å². The standard InChI is InChI=1S/C17H19N3O2S/c1-3-22-16(21)15-11(2)18-17(23-15)20-19-14-10-6-8-12-7-4-5-9-13(12)14/h4-5,7,9H,3,6,8,10H2,1-2H3,(H,18,20)/b19-14+. The summed E-state index contributed by atoms with van der Waals surface area (Å²) in [4.78, 5) is 16.7. The second kappa shape index (κ2) is 6.91. The molecule has 0 atom stereocenters. The zero-order valence-electron chi connectivity index (χ0n) is 13.3. The van der Waals surface area contributed by atoms with Crippen molar-refractivity contribution in [1.82, 2.24) is 4.98 Å². The van der Waals surface area contributed by atoms with Crippen LogP contribution in [0, 0.1) is 6.92 Å². The minimum Gasteiger partial charge on any atom is -0.462 e. The van der Waals surface area contributed by atoms with Gasteiger partial charge in [0, 0.05) is 5.56 Å². The Labute approximate surface area is 139 Å². The molecule has 23 heavy (non-hydrogen) atoms. The summed E-state index contributed by atoms with van der Waals surface area (Å²) < 4.78 is 5.03. The van der Waals surface area contributed by atoms with Crippen molar-refractivity contribution >= 4 is 28.1 Å². The number of carbonyl (C=O) groups excluding carboxylic acids is 1. The van der Waals surface area contributed by atoms with Gasteiger partial charge in [0.15, 0.2) is 0 Å². The first-order valence-corrected chi connectivity index (χ1v) is 8.56. The lowest BCUT2D eigenvalue weighted by Gasteiger charge is -2.17. The minimum absolute atomic E-state index is 0.328. The Morgan fingerprint density at radius 3 is 3.04 bits per heavy atom. The number of anilines is 1. The predicted molar refractivity (Wildman–Crippen MR) is 92.3 cm³/mol. The molecule has 120 valence electrons. The smallest absolute Gasteiger partial charge is 0.350 e. The number of nitrogens with one attached hydrogen (secondary N) is 1. The van der Waals surface area contributed by atoms with E-state index < -0.39 is 0 Å². The van der Waals surface area contributed by atoms with Crippen LogP contribution in [0.3, 0.4) is 0 Å². The average molecular weight is 329 g/mol. The van der Waals surface area contributed by atoms with Gasteiger partial charge in [-0.15, -0.1) is 0 Å². The number of ether oxygens (including phenoxy) is 1. The van der Waals surface area contributed by atoms with E-state index in [1.807, 2.05) is 6.07 Å². The van der Waals surface area contributed by atoms with Gasteiger partial charge in [0.1, 0.15) is 4.88 Å². The second-order valence-electron chi connectivity index (χ2n) is 5.34. The van der Waals surface area contributed by atoms with E-state index in [0.717, 1.165) is 25.0 Å². The number of carbonyl (C=O) groups is 1. The van der Waals surface area contributed by atoms with Crippen LogP contribution in [-0.4, -0.2) is 23.3 Å². The predicted octanol–water partition coefficient (Wildman–Crippen LogP) is 3.78. The summed E-state index contributed by atoms with van der Waals surface area (Å²) in [5.74, 6) is -0.328. The van der Waals surface area contributed by atoms with Crippen LogP contribution in [0.2, 0.25) is 0 Å². The number of benzene rings is 1. The molecule has 3 rings (SSSR count). The molecule has 5 nitrogen and oxygen atoms in total. The van der Waals surface area contributed by atoms with Crippen LogP contribution in [0.25, 0.3) is 0 Å². The molecule has 1 heterocycles. The Hall–Kier alpha value is -2.21. The Morgan fingerprint density at radius 2 is 2.22 bits per heavy atom. The van der Waals surface area contributed by atoms with Gasteiger partial charge in [-0.2, -0.15) is 5.10 Å². The van der Waals surface area contributed by atoms with Gasteiger partial charge in [0.05, 0.1) is 18.0 Å². The lowest BCUT2D eigenvalue weighted by atomic mass is 9.90. The molecule has 0 saturated heterocycles. The number of hydrogen-bond acceptors (Lipinski definition) is 6. The zero-order valence-corrected chi connectivity index (χ0v) is 14.1. The third-order valence-corrected chi connectivity index (χ3v) is 4.77. The number of fused-ring (bicyclic) bond motifs is 1. The summed E-state index contributed by atoms with van der Waals surface area (Å²) >= 11 is 1.27. The molecule has 0 spiro atoms. The van der Waals surface area contributed by atoms with Gasteiger partial charge in [-0.05, 0) is 38.7 Å². The maximum Gasteiger partial charge on any atom is 0.350 e. The van der Waals surface area contributed by atoms with Crippen molar-refractivity contribution in [3.63, 3.8) is 0 Å². The average Bonchev–Trinajstić information content (AvgIpc) is 2.94. The van der Waals surface area contributed by atoms with Crippen molar-refractivity contribution in [2.75, 3.05) is 12.0 Å². The highest BCUT2D eigenvalue weighted by molar-refractivity contribution is 7.17. The fourth-order valence-electron chi connectivity index (χ4n) is 2.66. The van der Waals surface area contributed by atoms with E-state index in [2.05, 4.69) is 33.7 Å². The van der Waals surface area contributed by atoms with Crippen LogP contribution in [0.5, 0.6) is 0 Å². The summed E-state index contributed by atoms with van der Waals surface area (Å²) in [5.41, 5.74) is 7.24. The minimum atomic E-state index is -0.328. The second-order valence-corrected chi connectivity index (χ2v) is 6.33. The van der Waals surface area contributed by atoms with E-state index >= 15 is 0 Å². The summed E-state index contributed by atoms with van der Waals surface area (Å²) in [6.45, 7) is 3.95. The van der Waals surface area contributed by atoms with Gasteiger partial charge in [-0.25, -0.2) is 9.78 Å². The molecule has 0 saturated carbocycles. The number of esters is 1. The van der Waals surface area contributed by atoms with E-state index in [1.54, 1.807) is 13.8 Å². The lowest BCUT2D eigenvalue weighted by molar-refractivity contribution is 0.0531. The zero-order chi connectivity index (χ0) is 16.2. The van der Waals surface area contributed by atoms with Crippen LogP contribution < -0.4 is 5.43 Å².